The van der Waals surface area contributed by atoms with Crippen LogP contribution in [-0.2, 0) is 4.74 Å². The predicted octanol–water partition coefficient (Wildman–Crippen LogP) is 3.66. The highest BCUT2D eigenvalue weighted by molar-refractivity contribution is 6.33. The molecule has 3 atom stereocenters. The lowest BCUT2D eigenvalue weighted by Gasteiger charge is -2.15. The van der Waals surface area contributed by atoms with E-state index in [1.54, 1.807) is 6.20 Å². The fourth-order valence-corrected chi connectivity index (χ4v) is 4.67. The first-order chi connectivity index (χ1) is 11.7. The minimum absolute atomic E-state index is 0.365. The first-order valence-corrected chi connectivity index (χ1v) is 9.19. The van der Waals surface area contributed by atoms with Gasteiger partial charge in [0.2, 0.25) is 0 Å². The van der Waals surface area contributed by atoms with Gasteiger partial charge in [-0.3, -0.25) is 4.68 Å². The zero-order valence-corrected chi connectivity index (χ0v) is 14.2. The molecule has 6 heteroatoms. The maximum Gasteiger partial charge on any atom is 0.142 e. The Morgan fingerprint density at radius 1 is 1.17 bits per heavy atom. The van der Waals surface area contributed by atoms with E-state index in [2.05, 4.69) is 15.7 Å². The summed E-state index contributed by atoms with van der Waals surface area (Å²) in [5.74, 6) is 2.34. The molecule has 3 fully saturated rings. The van der Waals surface area contributed by atoms with Gasteiger partial charge in [0.05, 0.1) is 30.0 Å². The number of aromatic nitrogens is 3. The van der Waals surface area contributed by atoms with Gasteiger partial charge in [0.25, 0.3) is 0 Å². The van der Waals surface area contributed by atoms with E-state index in [0.717, 1.165) is 24.5 Å². The molecule has 0 aromatic carbocycles. The monoisotopic (exact) mass is 344 g/mol. The van der Waals surface area contributed by atoms with Crippen LogP contribution in [0.4, 0.5) is 5.82 Å². The van der Waals surface area contributed by atoms with Gasteiger partial charge in [-0.15, -0.1) is 0 Å². The maximum absolute atomic E-state index is 6.15. The molecule has 24 heavy (non-hydrogen) atoms. The molecule has 5 rings (SSSR count). The number of pyridine rings is 1. The molecular weight excluding hydrogens is 324 g/mol. The number of halogens is 1. The third kappa shape index (κ3) is 2.25. The van der Waals surface area contributed by atoms with Crippen molar-refractivity contribution in [2.45, 2.75) is 37.6 Å². The molecule has 5 nitrogen and oxygen atoms in total. The molecule has 2 aromatic heterocycles. The van der Waals surface area contributed by atoms with E-state index >= 15 is 0 Å². The zero-order valence-electron chi connectivity index (χ0n) is 13.5. The minimum Gasteiger partial charge on any atom is -0.382 e. The van der Waals surface area contributed by atoms with Crippen LogP contribution in [0.1, 0.15) is 43.3 Å². The number of nitrogens with zero attached hydrogens (tertiary/aromatic N) is 3. The second kappa shape index (κ2) is 5.46. The molecule has 2 N–H and O–H groups in total. The molecule has 0 spiro atoms. The Hall–Kier alpha value is -1.59. The number of fused-ring (bicyclic) bond motifs is 1. The highest BCUT2D eigenvalue weighted by atomic mass is 35.5. The molecule has 1 aliphatic heterocycles. The number of ether oxygens (including phenoxy) is 1. The Balaban J connectivity index is 1.55. The maximum atomic E-state index is 6.15. The number of hydrogen-bond acceptors (Lipinski definition) is 4. The lowest BCUT2D eigenvalue weighted by molar-refractivity contribution is 0.159. The van der Waals surface area contributed by atoms with Crippen LogP contribution in [0, 0.1) is 11.8 Å². The second-order valence-electron chi connectivity index (χ2n) is 7.32. The van der Waals surface area contributed by atoms with E-state index in [1.807, 2.05) is 6.07 Å². The number of rotatable bonds is 3. The Morgan fingerprint density at radius 3 is 2.62 bits per heavy atom. The van der Waals surface area contributed by atoms with Crippen LogP contribution in [0.3, 0.4) is 0 Å². The van der Waals surface area contributed by atoms with Crippen molar-refractivity contribution >= 4 is 17.4 Å². The standard InChI is InChI=1S/C18H21ClN4O/c19-14-5-10(7-21-18(14)20)15-6-16(17-12-8-24-9-13(12)17)23(22-15)11-3-1-2-4-11/h5-7,11-13,17H,1-4,8-9H2,(H2,20,21)/t12-,13+,17?. The highest BCUT2D eigenvalue weighted by Crippen LogP contribution is 2.58. The first-order valence-electron chi connectivity index (χ1n) is 8.81. The molecule has 0 radical (unpaired) electrons. The molecule has 1 unspecified atom stereocenters. The molecule has 126 valence electrons. The summed E-state index contributed by atoms with van der Waals surface area (Å²) in [6.07, 6.45) is 6.83. The molecule has 3 aliphatic rings. The van der Waals surface area contributed by atoms with E-state index in [-0.39, 0.29) is 0 Å². The summed E-state index contributed by atoms with van der Waals surface area (Å²) in [5.41, 5.74) is 9.01. The smallest absolute Gasteiger partial charge is 0.142 e. The molecule has 2 aliphatic carbocycles. The van der Waals surface area contributed by atoms with Crippen LogP contribution in [0.25, 0.3) is 11.3 Å². The van der Waals surface area contributed by atoms with Gasteiger partial charge in [0.1, 0.15) is 5.82 Å². The van der Waals surface area contributed by atoms with Crippen molar-refractivity contribution in [1.82, 2.24) is 14.8 Å². The average molecular weight is 345 g/mol. The highest BCUT2D eigenvalue weighted by Gasteiger charge is 2.56. The predicted molar refractivity (Wildman–Crippen MR) is 92.9 cm³/mol. The number of nitrogens with two attached hydrogens (primary N) is 1. The van der Waals surface area contributed by atoms with Crippen molar-refractivity contribution in [3.63, 3.8) is 0 Å². The number of nitrogen functional groups attached to an aromatic ring is 1. The molecule has 3 heterocycles. The van der Waals surface area contributed by atoms with Gasteiger partial charge in [-0.25, -0.2) is 4.98 Å². The zero-order chi connectivity index (χ0) is 16.3. The fourth-order valence-electron chi connectivity index (χ4n) is 4.51. The number of anilines is 1. The largest absolute Gasteiger partial charge is 0.382 e. The topological polar surface area (TPSA) is 66.0 Å². The average Bonchev–Trinajstić information content (AvgIpc) is 3.12. The first kappa shape index (κ1) is 14.7. The van der Waals surface area contributed by atoms with Crippen molar-refractivity contribution in [3.05, 3.63) is 29.0 Å². The Morgan fingerprint density at radius 2 is 1.92 bits per heavy atom. The summed E-state index contributed by atoms with van der Waals surface area (Å²) in [7, 11) is 0. The van der Waals surface area contributed by atoms with Gasteiger partial charge < -0.3 is 10.5 Å². The lowest BCUT2D eigenvalue weighted by atomic mass is 10.1. The van der Waals surface area contributed by atoms with Crippen LogP contribution in [-0.4, -0.2) is 28.0 Å². The summed E-state index contributed by atoms with van der Waals surface area (Å²) in [4.78, 5) is 4.19. The van der Waals surface area contributed by atoms with Crippen LogP contribution in [0.2, 0.25) is 5.02 Å². The summed E-state index contributed by atoms with van der Waals surface area (Å²) in [6.45, 7) is 1.80. The van der Waals surface area contributed by atoms with Gasteiger partial charge in [-0.05, 0) is 36.8 Å². The molecule has 0 bridgehead atoms. The summed E-state index contributed by atoms with van der Waals surface area (Å²) in [5, 5.41) is 5.45. The minimum atomic E-state index is 0.365. The van der Waals surface area contributed by atoms with Crippen molar-refractivity contribution in [3.8, 4) is 11.3 Å². The van der Waals surface area contributed by atoms with Gasteiger partial charge in [-0.2, -0.15) is 5.10 Å². The third-order valence-corrected chi connectivity index (χ3v) is 6.20. The van der Waals surface area contributed by atoms with Crippen LogP contribution >= 0.6 is 11.6 Å². The van der Waals surface area contributed by atoms with Crippen molar-refractivity contribution in [1.29, 1.82) is 0 Å². The van der Waals surface area contributed by atoms with E-state index < -0.39 is 0 Å². The van der Waals surface area contributed by atoms with Crippen molar-refractivity contribution in [2.75, 3.05) is 18.9 Å². The Kier molecular flexibility index (Phi) is 3.35. The second-order valence-corrected chi connectivity index (χ2v) is 7.73. The molecule has 2 saturated carbocycles. The number of hydrogen-bond donors (Lipinski definition) is 1. The lowest BCUT2D eigenvalue weighted by Crippen LogP contribution is -2.12. The normalized spacial score (nSPS) is 29.1. The Labute approximate surface area is 146 Å². The van der Waals surface area contributed by atoms with Gasteiger partial charge in [0.15, 0.2) is 0 Å². The quantitative estimate of drug-likeness (QED) is 0.922. The Bertz CT molecular complexity index is 773. The summed E-state index contributed by atoms with van der Waals surface area (Å²) in [6, 6.07) is 4.64. The van der Waals surface area contributed by atoms with Gasteiger partial charge in [0, 0.05) is 23.4 Å². The SMILES string of the molecule is Nc1ncc(-c2cc(C3[C@H]4COC[C@@H]34)n(C3CCCC3)n2)cc1Cl. The van der Waals surface area contributed by atoms with Crippen LogP contribution in [0.15, 0.2) is 18.3 Å². The van der Waals surface area contributed by atoms with Crippen LogP contribution < -0.4 is 5.73 Å². The summed E-state index contributed by atoms with van der Waals surface area (Å²) >= 11 is 6.15. The van der Waals surface area contributed by atoms with Gasteiger partial charge >= 0.3 is 0 Å². The van der Waals surface area contributed by atoms with E-state index in [1.165, 1.54) is 31.4 Å². The van der Waals surface area contributed by atoms with E-state index in [4.69, 9.17) is 27.2 Å². The van der Waals surface area contributed by atoms with Gasteiger partial charge in [-0.1, -0.05) is 24.4 Å². The van der Waals surface area contributed by atoms with E-state index in [0.29, 0.717) is 34.6 Å². The molecule has 2 aromatic rings. The van der Waals surface area contributed by atoms with Crippen molar-refractivity contribution in [2.24, 2.45) is 11.8 Å². The summed E-state index contributed by atoms with van der Waals surface area (Å²) < 4.78 is 7.87. The third-order valence-electron chi connectivity index (χ3n) is 5.89. The van der Waals surface area contributed by atoms with Crippen LogP contribution in [0.5, 0.6) is 0 Å². The molecular formula is C18H21ClN4O. The van der Waals surface area contributed by atoms with E-state index in [9.17, 15) is 0 Å². The fraction of sp³-hybridized carbons (Fsp3) is 0.556. The molecule has 0 amide bonds. The molecule has 1 saturated heterocycles. The van der Waals surface area contributed by atoms with Crippen molar-refractivity contribution < 1.29 is 4.74 Å².